The van der Waals surface area contributed by atoms with E-state index in [4.69, 9.17) is 4.74 Å². The largest absolute Gasteiger partial charge is 0.443 e. The second-order valence-electron chi connectivity index (χ2n) is 13.0. The van der Waals surface area contributed by atoms with Gasteiger partial charge in [0.2, 0.25) is 5.78 Å². The molecule has 0 unspecified atom stereocenters. The summed E-state index contributed by atoms with van der Waals surface area (Å²) in [4.78, 5) is 34.0. The summed E-state index contributed by atoms with van der Waals surface area (Å²) in [6.07, 6.45) is 18.1. The SMILES string of the molecule is CC(C)(C)OC(=O)N(CCCCCCCCCCCCCC[Si](C)(C)C)c1ccc(C(=O)c2cnc[nH]2)cc1. The molecule has 0 aliphatic heterocycles. The monoisotopic (exact) mass is 555 g/mol. The highest BCUT2D eigenvalue weighted by Gasteiger charge is 2.23. The Morgan fingerprint density at radius 2 is 1.33 bits per heavy atom. The molecule has 2 aromatic rings. The van der Waals surface area contributed by atoms with Gasteiger partial charge in [-0.2, -0.15) is 0 Å². The summed E-state index contributed by atoms with van der Waals surface area (Å²) < 4.78 is 5.68. The second kappa shape index (κ2) is 16.6. The van der Waals surface area contributed by atoms with Gasteiger partial charge in [-0.1, -0.05) is 96.3 Å². The van der Waals surface area contributed by atoms with Crippen LogP contribution in [0.5, 0.6) is 0 Å². The molecule has 7 heteroatoms. The van der Waals surface area contributed by atoms with Crippen LogP contribution in [0.25, 0.3) is 0 Å². The normalized spacial score (nSPS) is 11.9. The van der Waals surface area contributed by atoms with Crippen LogP contribution >= 0.6 is 0 Å². The zero-order chi connectivity index (χ0) is 28.7. The van der Waals surface area contributed by atoms with Crippen molar-refractivity contribution in [3.05, 3.63) is 48.0 Å². The van der Waals surface area contributed by atoms with E-state index >= 15 is 0 Å². The molecule has 0 atom stereocenters. The molecule has 2 rings (SSSR count). The van der Waals surface area contributed by atoms with E-state index < -0.39 is 13.7 Å². The van der Waals surface area contributed by atoms with Crippen LogP contribution in [0.3, 0.4) is 0 Å². The van der Waals surface area contributed by atoms with Crippen molar-refractivity contribution >= 4 is 25.6 Å². The number of unbranched alkanes of at least 4 members (excludes halogenated alkanes) is 11. The molecule has 1 N–H and O–H groups in total. The van der Waals surface area contributed by atoms with Crippen molar-refractivity contribution in [2.45, 2.75) is 129 Å². The van der Waals surface area contributed by atoms with Gasteiger partial charge >= 0.3 is 6.09 Å². The van der Waals surface area contributed by atoms with Gasteiger partial charge in [0.05, 0.1) is 12.5 Å². The Hall–Kier alpha value is -2.41. The fraction of sp³-hybridized carbons (Fsp3) is 0.656. The number of H-pyrrole nitrogens is 1. The van der Waals surface area contributed by atoms with Crippen molar-refractivity contribution in [3.8, 4) is 0 Å². The van der Waals surface area contributed by atoms with E-state index in [1.165, 1.54) is 82.8 Å². The van der Waals surface area contributed by atoms with Crippen LogP contribution in [0.2, 0.25) is 25.7 Å². The molecule has 0 bridgehead atoms. The summed E-state index contributed by atoms with van der Waals surface area (Å²) in [6, 6.07) is 8.62. The third kappa shape index (κ3) is 14.0. The Balaban J connectivity index is 1.69. The van der Waals surface area contributed by atoms with Crippen LogP contribution in [0.1, 0.15) is 114 Å². The van der Waals surface area contributed by atoms with Gasteiger partial charge in [0.25, 0.3) is 0 Å². The number of ketones is 1. The van der Waals surface area contributed by atoms with Crippen LogP contribution < -0.4 is 4.90 Å². The number of nitrogens with one attached hydrogen (secondary N) is 1. The number of rotatable bonds is 18. The predicted molar refractivity (Wildman–Crippen MR) is 166 cm³/mol. The molecule has 0 saturated carbocycles. The smallest absolute Gasteiger partial charge is 0.414 e. The number of hydrogen-bond acceptors (Lipinski definition) is 4. The summed E-state index contributed by atoms with van der Waals surface area (Å²) in [5.74, 6) is -0.125. The van der Waals surface area contributed by atoms with Gasteiger partial charge in [0.1, 0.15) is 11.3 Å². The van der Waals surface area contributed by atoms with E-state index in [1.54, 1.807) is 17.0 Å². The number of carbonyl (C=O) groups excluding carboxylic acids is 2. The summed E-state index contributed by atoms with van der Waals surface area (Å²) in [5, 5.41) is 0. The molecule has 0 aliphatic rings. The second-order valence-corrected chi connectivity index (χ2v) is 18.6. The lowest BCUT2D eigenvalue weighted by Crippen LogP contribution is -2.37. The van der Waals surface area contributed by atoms with Gasteiger partial charge in [0.15, 0.2) is 0 Å². The summed E-state index contributed by atoms with van der Waals surface area (Å²) >= 11 is 0. The van der Waals surface area contributed by atoms with Crippen molar-refractivity contribution in [2.24, 2.45) is 0 Å². The van der Waals surface area contributed by atoms with Crippen molar-refractivity contribution in [3.63, 3.8) is 0 Å². The lowest BCUT2D eigenvalue weighted by atomic mass is 10.1. The van der Waals surface area contributed by atoms with Crippen LogP contribution in [0.4, 0.5) is 10.5 Å². The van der Waals surface area contributed by atoms with Crippen molar-refractivity contribution < 1.29 is 14.3 Å². The van der Waals surface area contributed by atoms with E-state index in [0.29, 0.717) is 17.8 Å². The number of anilines is 1. The highest BCUT2D eigenvalue weighted by Crippen LogP contribution is 2.22. The Bertz CT molecular complexity index is 960. The maximum atomic E-state index is 13.0. The van der Waals surface area contributed by atoms with Crippen molar-refractivity contribution in [1.82, 2.24) is 9.97 Å². The third-order valence-electron chi connectivity index (χ3n) is 6.86. The number of aromatic amines is 1. The fourth-order valence-corrected chi connectivity index (χ4v) is 5.97. The molecule has 0 spiro atoms. The van der Waals surface area contributed by atoms with E-state index in [0.717, 1.165) is 18.5 Å². The van der Waals surface area contributed by atoms with Gasteiger partial charge in [-0.15, -0.1) is 0 Å². The number of amides is 1. The summed E-state index contributed by atoms with van der Waals surface area (Å²) in [6.45, 7) is 13.6. The van der Waals surface area contributed by atoms with E-state index in [-0.39, 0.29) is 11.9 Å². The maximum absolute atomic E-state index is 13.0. The third-order valence-corrected chi connectivity index (χ3v) is 8.71. The fourth-order valence-electron chi connectivity index (χ4n) is 4.66. The van der Waals surface area contributed by atoms with E-state index in [1.807, 2.05) is 32.9 Å². The minimum Gasteiger partial charge on any atom is -0.443 e. The Kier molecular flexibility index (Phi) is 14.0. The average molecular weight is 556 g/mol. The molecule has 1 aromatic carbocycles. The Labute approximate surface area is 238 Å². The first-order valence-corrected chi connectivity index (χ1v) is 18.8. The molecular formula is C32H53N3O3Si. The first-order valence-electron chi connectivity index (χ1n) is 15.1. The molecule has 0 radical (unpaired) electrons. The minimum absolute atomic E-state index is 0.125. The first kappa shape index (κ1) is 32.8. The molecule has 1 amide bonds. The molecule has 0 saturated heterocycles. The average Bonchev–Trinajstić information content (AvgIpc) is 3.39. The standard InChI is InChI=1S/C32H53N3O3Si/c1-32(2,3)38-31(37)35(28-21-19-27(20-22-28)30(36)29-25-33-26-34-29)23-17-15-13-11-9-7-8-10-12-14-16-18-24-39(4,5)6/h19-22,25-26H,7-18,23-24H2,1-6H3,(H,33,34). The van der Waals surface area contributed by atoms with E-state index in [9.17, 15) is 9.59 Å². The van der Waals surface area contributed by atoms with Gasteiger partial charge < -0.3 is 9.72 Å². The molecule has 0 fully saturated rings. The number of hydrogen-bond donors (Lipinski definition) is 1. The van der Waals surface area contributed by atoms with Gasteiger partial charge in [-0.25, -0.2) is 9.78 Å². The van der Waals surface area contributed by atoms with Crippen LogP contribution in [0.15, 0.2) is 36.8 Å². The predicted octanol–water partition coefficient (Wildman–Crippen LogP) is 9.40. The molecule has 0 aliphatic carbocycles. The zero-order valence-electron chi connectivity index (χ0n) is 25.5. The molecule has 39 heavy (non-hydrogen) atoms. The minimum atomic E-state index is -0.851. The number of ether oxygens (including phenoxy) is 1. The van der Waals surface area contributed by atoms with Gasteiger partial charge in [-0.05, 0) is 51.5 Å². The molecule has 218 valence electrons. The Morgan fingerprint density at radius 3 is 1.79 bits per heavy atom. The maximum Gasteiger partial charge on any atom is 0.414 e. The molecule has 1 heterocycles. The molecule has 1 aromatic heterocycles. The van der Waals surface area contributed by atoms with E-state index in [2.05, 4.69) is 29.6 Å². The molecular weight excluding hydrogens is 502 g/mol. The summed E-state index contributed by atoms with van der Waals surface area (Å²) in [5.41, 5.74) is 1.17. The van der Waals surface area contributed by atoms with Crippen LogP contribution in [0, 0.1) is 0 Å². The Morgan fingerprint density at radius 1 is 0.821 bits per heavy atom. The number of imidazole rings is 1. The number of aromatic nitrogens is 2. The van der Waals surface area contributed by atoms with Gasteiger partial charge in [0, 0.05) is 25.9 Å². The lowest BCUT2D eigenvalue weighted by Gasteiger charge is -2.27. The zero-order valence-corrected chi connectivity index (χ0v) is 26.5. The van der Waals surface area contributed by atoms with Crippen molar-refractivity contribution in [1.29, 1.82) is 0 Å². The number of carbonyl (C=O) groups is 2. The van der Waals surface area contributed by atoms with Gasteiger partial charge in [-0.3, -0.25) is 9.69 Å². The number of nitrogens with zero attached hydrogens (tertiary/aromatic N) is 2. The first-order chi connectivity index (χ1) is 18.5. The van der Waals surface area contributed by atoms with Crippen LogP contribution in [-0.2, 0) is 4.74 Å². The van der Waals surface area contributed by atoms with Crippen LogP contribution in [-0.4, -0.2) is 42.1 Å². The highest BCUT2D eigenvalue weighted by atomic mass is 28.3. The topological polar surface area (TPSA) is 75.3 Å². The molecule has 6 nitrogen and oxygen atoms in total. The highest BCUT2D eigenvalue weighted by molar-refractivity contribution is 6.76. The number of benzene rings is 1. The lowest BCUT2D eigenvalue weighted by molar-refractivity contribution is 0.0579. The summed E-state index contributed by atoms with van der Waals surface area (Å²) in [7, 11) is -0.851. The van der Waals surface area contributed by atoms with Crippen molar-refractivity contribution in [2.75, 3.05) is 11.4 Å². The quantitative estimate of drug-likeness (QED) is 0.113.